The maximum Gasteiger partial charge on any atom is 0.190 e. The quantitative estimate of drug-likeness (QED) is 0.828. The van der Waals surface area contributed by atoms with Crippen molar-refractivity contribution in [3.63, 3.8) is 0 Å². The summed E-state index contributed by atoms with van der Waals surface area (Å²) in [7, 11) is 0. The van der Waals surface area contributed by atoms with Gasteiger partial charge in [-0.3, -0.25) is 0 Å². The number of nitrogens with one attached hydrogen (secondary N) is 2. The van der Waals surface area contributed by atoms with Crippen LogP contribution in [0.15, 0.2) is 54.6 Å². The number of nitrogens with zero attached hydrogens (tertiary/aromatic N) is 1. The Morgan fingerprint density at radius 2 is 1.65 bits per heavy atom. The predicted octanol–water partition coefficient (Wildman–Crippen LogP) is 3.07. The molecule has 1 atom stereocenters. The summed E-state index contributed by atoms with van der Waals surface area (Å²) >= 11 is 5.46. The van der Waals surface area contributed by atoms with E-state index < -0.39 is 0 Å². The average molecular weight is 283 g/mol. The van der Waals surface area contributed by atoms with Gasteiger partial charge in [-0.1, -0.05) is 48.0 Å². The molecular weight excluding hydrogens is 266 g/mol. The Morgan fingerprint density at radius 3 is 2.30 bits per heavy atom. The van der Waals surface area contributed by atoms with E-state index in [1.807, 2.05) is 23.2 Å². The Balaban J connectivity index is 1.90. The predicted molar refractivity (Wildman–Crippen MR) is 86.3 cm³/mol. The molecule has 2 aromatic rings. The Bertz CT molecular complexity index is 624. The minimum absolute atomic E-state index is 0.386. The van der Waals surface area contributed by atoms with Gasteiger partial charge in [0.2, 0.25) is 0 Å². The molecule has 0 radical (unpaired) electrons. The summed E-state index contributed by atoms with van der Waals surface area (Å²) in [5.41, 5.74) is 6.48. The number of hydrogen-bond acceptors (Lipinski definition) is 2. The van der Waals surface area contributed by atoms with Crippen LogP contribution in [0.3, 0.4) is 0 Å². The average Bonchev–Trinajstić information content (AvgIpc) is 2.77. The SMILES string of the molecule is Cc1ccc(N2NC(C)(c3ccccc3)NC2=S)cc1. The molecule has 2 N–H and O–H groups in total. The highest BCUT2D eigenvalue weighted by atomic mass is 32.1. The second kappa shape index (κ2) is 4.89. The van der Waals surface area contributed by atoms with Crippen LogP contribution in [0.1, 0.15) is 18.1 Å². The van der Waals surface area contributed by atoms with Crippen molar-refractivity contribution in [2.45, 2.75) is 19.5 Å². The van der Waals surface area contributed by atoms with Gasteiger partial charge >= 0.3 is 0 Å². The molecule has 1 aliphatic heterocycles. The van der Waals surface area contributed by atoms with E-state index in [-0.39, 0.29) is 5.66 Å². The molecule has 4 heteroatoms. The summed E-state index contributed by atoms with van der Waals surface area (Å²) in [5.74, 6) is 0. The molecule has 0 aromatic heterocycles. The number of anilines is 1. The van der Waals surface area contributed by atoms with Crippen LogP contribution in [-0.4, -0.2) is 5.11 Å². The molecule has 1 fully saturated rings. The van der Waals surface area contributed by atoms with Gasteiger partial charge in [-0.25, -0.2) is 5.01 Å². The maximum atomic E-state index is 5.46. The smallest absolute Gasteiger partial charge is 0.190 e. The summed E-state index contributed by atoms with van der Waals surface area (Å²) in [6, 6.07) is 18.5. The second-order valence-corrected chi connectivity index (χ2v) is 5.59. The molecule has 0 saturated carbocycles. The second-order valence-electron chi connectivity index (χ2n) is 5.20. The fourth-order valence-corrected chi connectivity index (χ4v) is 2.71. The Labute approximate surface area is 124 Å². The number of hydrogen-bond donors (Lipinski definition) is 2. The highest BCUT2D eigenvalue weighted by molar-refractivity contribution is 7.80. The molecule has 102 valence electrons. The topological polar surface area (TPSA) is 27.3 Å². The van der Waals surface area contributed by atoms with Gasteiger partial charge in [-0.15, -0.1) is 0 Å². The van der Waals surface area contributed by atoms with Crippen LogP contribution in [0.2, 0.25) is 0 Å². The van der Waals surface area contributed by atoms with Gasteiger partial charge in [-0.05, 0) is 43.8 Å². The van der Waals surface area contributed by atoms with Gasteiger partial charge in [0.25, 0.3) is 0 Å². The number of aryl methyl sites for hydroxylation is 1. The summed E-state index contributed by atoms with van der Waals surface area (Å²) in [5, 5.41) is 5.96. The van der Waals surface area contributed by atoms with Crippen LogP contribution in [0, 0.1) is 6.92 Å². The summed E-state index contributed by atoms with van der Waals surface area (Å²) in [6.07, 6.45) is 0. The van der Waals surface area contributed by atoms with E-state index in [0.29, 0.717) is 5.11 Å². The monoisotopic (exact) mass is 283 g/mol. The minimum Gasteiger partial charge on any atom is -0.338 e. The van der Waals surface area contributed by atoms with Crippen LogP contribution in [0.5, 0.6) is 0 Å². The van der Waals surface area contributed by atoms with E-state index >= 15 is 0 Å². The van der Waals surface area contributed by atoms with Crippen molar-refractivity contribution >= 4 is 23.0 Å². The number of hydrazine groups is 1. The van der Waals surface area contributed by atoms with Gasteiger partial charge in [0.1, 0.15) is 5.66 Å². The van der Waals surface area contributed by atoms with Crippen molar-refractivity contribution in [1.82, 2.24) is 10.7 Å². The lowest BCUT2D eigenvalue weighted by Crippen LogP contribution is -2.45. The zero-order valence-corrected chi connectivity index (χ0v) is 12.4. The highest BCUT2D eigenvalue weighted by Gasteiger charge is 2.37. The zero-order valence-electron chi connectivity index (χ0n) is 11.6. The summed E-state index contributed by atoms with van der Waals surface area (Å²) in [6.45, 7) is 4.16. The van der Waals surface area contributed by atoms with Crippen molar-refractivity contribution in [3.8, 4) is 0 Å². The molecule has 0 bridgehead atoms. The van der Waals surface area contributed by atoms with Gasteiger partial charge in [0.05, 0.1) is 5.69 Å². The molecule has 1 saturated heterocycles. The molecule has 3 rings (SSSR count). The lowest BCUT2D eigenvalue weighted by Gasteiger charge is -2.26. The number of benzene rings is 2. The zero-order chi connectivity index (χ0) is 14.2. The standard InChI is InChI=1S/C16H17N3S/c1-12-8-10-14(11-9-12)19-15(20)17-16(2,18-19)13-6-4-3-5-7-13/h3-11,18H,1-2H3,(H,17,20). The van der Waals surface area contributed by atoms with Crippen molar-refractivity contribution in [2.75, 3.05) is 5.01 Å². The minimum atomic E-state index is -0.386. The largest absolute Gasteiger partial charge is 0.338 e. The highest BCUT2D eigenvalue weighted by Crippen LogP contribution is 2.26. The van der Waals surface area contributed by atoms with Gasteiger partial charge in [0, 0.05) is 0 Å². The van der Waals surface area contributed by atoms with Crippen molar-refractivity contribution in [2.24, 2.45) is 0 Å². The summed E-state index contributed by atoms with van der Waals surface area (Å²) < 4.78 is 0. The Hall–Kier alpha value is -1.91. The van der Waals surface area contributed by atoms with E-state index in [9.17, 15) is 0 Å². The molecule has 1 aliphatic rings. The van der Waals surface area contributed by atoms with E-state index in [1.165, 1.54) is 5.56 Å². The van der Waals surface area contributed by atoms with E-state index in [0.717, 1.165) is 11.3 Å². The first kappa shape index (κ1) is 13.1. The molecule has 3 nitrogen and oxygen atoms in total. The van der Waals surface area contributed by atoms with Gasteiger partial charge in [-0.2, -0.15) is 5.43 Å². The molecule has 0 amide bonds. The number of rotatable bonds is 2. The van der Waals surface area contributed by atoms with E-state index in [2.05, 4.69) is 61.0 Å². The first-order valence-corrected chi connectivity index (χ1v) is 7.02. The third-order valence-electron chi connectivity index (χ3n) is 3.54. The number of thiocarbonyl (C=S) groups is 1. The van der Waals surface area contributed by atoms with Gasteiger partial charge < -0.3 is 5.32 Å². The Morgan fingerprint density at radius 1 is 1.00 bits per heavy atom. The third-order valence-corrected chi connectivity index (χ3v) is 3.82. The van der Waals surface area contributed by atoms with Crippen LogP contribution in [0.25, 0.3) is 0 Å². The molecule has 2 aromatic carbocycles. The van der Waals surface area contributed by atoms with Crippen LogP contribution >= 0.6 is 12.2 Å². The fourth-order valence-electron chi connectivity index (χ4n) is 2.36. The van der Waals surface area contributed by atoms with Crippen molar-refractivity contribution in [3.05, 3.63) is 65.7 Å². The maximum absolute atomic E-state index is 5.46. The Kier molecular flexibility index (Phi) is 3.20. The molecule has 0 spiro atoms. The lowest BCUT2D eigenvalue weighted by atomic mass is 10.0. The normalized spacial score (nSPS) is 21.9. The first-order valence-electron chi connectivity index (χ1n) is 6.61. The van der Waals surface area contributed by atoms with Crippen LogP contribution in [0.4, 0.5) is 5.69 Å². The summed E-state index contributed by atoms with van der Waals surface area (Å²) in [4.78, 5) is 0. The van der Waals surface area contributed by atoms with Crippen molar-refractivity contribution in [1.29, 1.82) is 0 Å². The van der Waals surface area contributed by atoms with E-state index in [4.69, 9.17) is 12.2 Å². The molecule has 1 unspecified atom stereocenters. The lowest BCUT2D eigenvalue weighted by molar-refractivity contribution is 0.389. The molecule has 0 aliphatic carbocycles. The molecule has 1 heterocycles. The fraction of sp³-hybridized carbons (Fsp3) is 0.188. The first-order chi connectivity index (χ1) is 9.58. The van der Waals surface area contributed by atoms with Crippen molar-refractivity contribution < 1.29 is 0 Å². The molecular formula is C16H17N3S. The van der Waals surface area contributed by atoms with Gasteiger partial charge in [0.15, 0.2) is 5.11 Å². The van der Waals surface area contributed by atoms with Crippen LogP contribution < -0.4 is 15.8 Å². The van der Waals surface area contributed by atoms with E-state index in [1.54, 1.807) is 0 Å². The third kappa shape index (κ3) is 2.28. The van der Waals surface area contributed by atoms with Crippen LogP contribution in [-0.2, 0) is 5.66 Å². The molecule has 20 heavy (non-hydrogen) atoms.